The van der Waals surface area contributed by atoms with Crippen LogP contribution < -0.4 is 0 Å². The van der Waals surface area contributed by atoms with Gasteiger partial charge in [0.05, 0.1) is 0 Å². The van der Waals surface area contributed by atoms with Crippen molar-refractivity contribution in [2.45, 2.75) is 64.7 Å². The smallest absolute Gasteiger partial charge is 0.146 e. The Hall–Kier alpha value is 0.137. The van der Waals surface area contributed by atoms with Gasteiger partial charge in [-0.3, -0.25) is 0 Å². The molecule has 0 atom stereocenters. The first-order valence-electron chi connectivity index (χ1n) is 6.72. The van der Waals surface area contributed by atoms with Crippen molar-refractivity contribution in [2.24, 2.45) is 0 Å². The number of unbranched alkanes of at least 4 members (excludes halogenated alkanes) is 4. The van der Waals surface area contributed by atoms with Gasteiger partial charge >= 0.3 is 0 Å². The fourth-order valence-corrected chi connectivity index (χ4v) is 2.12. The second kappa shape index (κ2) is 10.3. The van der Waals surface area contributed by atoms with Gasteiger partial charge in [-0.2, -0.15) is 0 Å². The van der Waals surface area contributed by atoms with Crippen LogP contribution in [0.2, 0.25) is 25.7 Å². The van der Waals surface area contributed by atoms with Crippen LogP contribution in [0.1, 0.15) is 39.0 Å². The molecule has 0 aliphatic carbocycles. The fourth-order valence-electron chi connectivity index (χ4n) is 1.36. The highest BCUT2D eigenvalue weighted by Crippen LogP contribution is 2.07. The quantitative estimate of drug-likeness (QED) is 0.308. The molecule has 0 rings (SSSR count). The maximum atomic E-state index is 5.45. The summed E-state index contributed by atoms with van der Waals surface area (Å²) in [6.07, 6.45) is 6.48. The van der Waals surface area contributed by atoms with Gasteiger partial charge in [-0.15, -0.1) is 0 Å². The van der Waals surface area contributed by atoms with Gasteiger partial charge in [0.1, 0.15) is 6.79 Å². The number of ether oxygens (including phenoxy) is 2. The maximum absolute atomic E-state index is 5.45. The van der Waals surface area contributed by atoms with E-state index in [0.717, 1.165) is 13.2 Å². The van der Waals surface area contributed by atoms with Gasteiger partial charge in [-0.25, -0.2) is 0 Å². The highest BCUT2D eigenvalue weighted by atomic mass is 28.3. The number of hydrogen-bond donors (Lipinski definition) is 0. The molecule has 0 saturated heterocycles. The molecule has 0 saturated carbocycles. The molecule has 2 nitrogen and oxygen atoms in total. The Morgan fingerprint density at radius 3 is 2.06 bits per heavy atom. The highest BCUT2D eigenvalue weighted by Gasteiger charge is 2.11. The van der Waals surface area contributed by atoms with Crippen molar-refractivity contribution < 1.29 is 9.47 Å². The van der Waals surface area contributed by atoms with Crippen LogP contribution >= 0.6 is 0 Å². The monoisotopic (exact) mass is 246 g/mol. The van der Waals surface area contributed by atoms with E-state index in [1.165, 1.54) is 38.1 Å². The van der Waals surface area contributed by atoms with Crippen LogP contribution in [0.4, 0.5) is 0 Å². The minimum absolute atomic E-state index is 0.484. The lowest BCUT2D eigenvalue weighted by molar-refractivity contribution is -0.0504. The highest BCUT2D eigenvalue weighted by molar-refractivity contribution is 6.76. The van der Waals surface area contributed by atoms with E-state index < -0.39 is 8.07 Å². The van der Waals surface area contributed by atoms with Crippen LogP contribution in [-0.4, -0.2) is 28.1 Å². The molecular formula is C13H30O2Si. The van der Waals surface area contributed by atoms with Gasteiger partial charge in [-0.05, 0) is 12.5 Å². The zero-order valence-electron chi connectivity index (χ0n) is 11.7. The van der Waals surface area contributed by atoms with Crippen LogP contribution in [0.25, 0.3) is 0 Å². The largest absolute Gasteiger partial charge is 0.356 e. The summed E-state index contributed by atoms with van der Waals surface area (Å²) in [4.78, 5) is 0. The third kappa shape index (κ3) is 14.1. The summed E-state index contributed by atoms with van der Waals surface area (Å²) in [5, 5.41) is 0. The van der Waals surface area contributed by atoms with E-state index in [9.17, 15) is 0 Å². The average Bonchev–Trinajstić information content (AvgIpc) is 2.19. The summed E-state index contributed by atoms with van der Waals surface area (Å²) in [6, 6.07) is 1.23. The Labute approximate surface area is 103 Å². The van der Waals surface area contributed by atoms with Crippen molar-refractivity contribution in [1.29, 1.82) is 0 Å². The van der Waals surface area contributed by atoms with Crippen molar-refractivity contribution in [2.75, 3.05) is 20.0 Å². The number of hydrogen-bond acceptors (Lipinski definition) is 2. The topological polar surface area (TPSA) is 18.5 Å². The molecule has 0 aliphatic heterocycles. The predicted octanol–water partition coefficient (Wildman–Crippen LogP) is 4.29. The molecule has 0 unspecified atom stereocenters. The summed E-state index contributed by atoms with van der Waals surface area (Å²) in [5.41, 5.74) is 0. The summed E-state index contributed by atoms with van der Waals surface area (Å²) in [5.74, 6) is 0. The van der Waals surface area contributed by atoms with E-state index in [4.69, 9.17) is 9.47 Å². The zero-order valence-corrected chi connectivity index (χ0v) is 12.7. The van der Waals surface area contributed by atoms with E-state index in [1.54, 1.807) is 0 Å². The molecule has 0 aliphatic rings. The molecule has 98 valence electrons. The molecule has 0 aromatic rings. The van der Waals surface area contributed by atoms with Crippen LogP contribution in [0.15, 0.2) is 0 Å². The Morgan fingerprint density at radius 2 is 1.44 bits per heavy atom. The summed E-state index contributed by atoms with van der Waals surface area (Å²) >= 11 is 0. The van der Waals surface area contributed by atoms with E-state index in [1.807, 2.05) is 0 Å². The molecule has 0 bridgehead atoms. The normalized spacial score (nSPS) is 12.0. The molecule has 0 heterocycles. The molecule has 0 N–H and O–H groups in total. The summed E-state index contributed by atoms with van der Waals surface area (Å²) < 4.78 is 10.9. The minimum atomic E-state index is -0.928. The van der Waals surface area contributed by atoms with Crippen LogP contribution in [-0.2, 0) is 9.47 Å². The minimum Gasteiger partial charge on any atom is -0.356 e. The molecule has 0 spiro atoms. The van der Waals surface area contributed by atoms with E-state index in [2.05, 4.69) is 26.6 Å². The van der Waals surface area contributed by atoms with E-state index in [0.29, 0.717) is 6.79 Å². The lowest BCUT2D eigenvalue weighted by atomic mass is 10.2. The van der Waals surface area contributed by atoms with Gasteiger partial charge in [0.15, 0.2) is 0 Å². The van der Waals surface area contributed by atoms with E-state index in [-0.39, 0.29) is 0 Å². The Bertz CT molecular complexity index is 143. The first-order valence-corrected chi connectivity index (χ1v) is 10.4. The predicted molar refractivity (Wildman–Crippen MR) is 73.7 cm³/mol. The fraction of sp³-hybridized carbons (Fsp3) is 1.00. The third-order valence-corrected chi connectivity index (χ3v) is 4.26. The molecule has 3 heteroatoms. The van der Waals surface area contributed by atoms with Crippen molar-refractivity contribution in [3.05, 3.63) is 0 Å². The first kappa shape index (κ1) is 16.1. The van der Waals surface area contributed by atoms with Crippen LogP contribution in [0.5, 0.6) is 0 Å². The standard InChI is InChI=1S/C13H30O2Si/c1-5-6-7-8-9-10-14-13-15-11-12-16(2,3)4/h5-13H2,1-4H3. The number of rotatable bonds is 11. The summed E-state index contributed by atoms with van der Waals surface area (Å²) in [7, 11) is -0.928. The van der Waals surface area contributed by atoms with Gasteiger partial charge in [-0.1, -0.05) is 52.2 Å². The Balaban J connectivity index is 2.99. The third-order valence-electron chi connectivity index (χ3n) is 2.56. The maximum Gasteiger partial charge on any atom is 0.146 e. The molecule has 0 radical (unpaired) electrons. The van der Waals surface area contributed by atoms with Gasteiger partial charge in [0.25, 0.3) is 0 Å². The Morgan fingerprint density at radius 1 is 0.812 bits per heavy atom. The molecule has 0 amide bonds. The molecule has 0 fully saturated rings. The molecule has 16 heavy (non-hydrogen) atoms. The SMILES string of the molecule is CCCCCCCOCOCC[Si](C)(C)C. The van der Waals surface area contributed by atoms with Crippen LogP contribution in [0, 0.1) is 0 Å². The average molecular weight is 246 g/mol. The van der Waals surface area contributed by atoms with Gasteiger partial charge in [0.2, 0.25) is 0 Å². The van der Waals surface area contributed by atoms with Crippen molar-refractivity contribution in [1.82, 2.24) is 0 Å². The van der Waals surface area contributed by atoms with Gasteiger partial charge < -0.3 is 9.47 Å². The lowest BCUT2D eigenvalue weighted by Crippen LogP contribution is -2.22. The summed E-state index contributed by atoms with van der Waals surface area (Å²) in [6.45, 7) is 11.5. The van der Waals surface area contributed by atoms with E-state index >= 15 is 0 Å². The molecule has 0 aromatic heterocycles. The Kier molecular flexibility index (Phi) is 10.4. The van der Waals surface area contributed by atoms with Crippen LogP contribution in [0.3, 0.4) is 0 Å². The second-order valence-corrected chi connectivity index (χ2v) is 11.3. The molecule has 0 aromatic carbocycles. The second-order valence-electron chi connectivity index (χ2n) is 5.66. The molecular weight excluding hydrogens is 216 g/mol. The van der Waals surface area contributed by atoms with Gasteiger partial charge in [0, 0.05) is 21.3 Å². The zero-order chi connectivity index (χ0) is 12.3. The first-order chi connectivity index (χ1) is 7.56. The van der Waals surface area contributed by atoms with Crippen molar-refractivity contribution in [3.63, 3.8) is 0 Å². The van der Waals surface area contributed by atoms with Crippen molar-refractivity contribution >= 4 is 8.07 Å². The van der Waals surface area contributed by atoms with Crippen molar-refractivity contribution in [3.8, 4) is 0 Å². The lowest BCUT2D eigenvalue weighted by Gasteiger charge is -2.15.